The van der Waals surface area contributed by atoms with Crippen molar-refractivity contribution in [2.24, 2.45) is 0 Å². The molecule has 0 atom stereocenters. The Labute approximate surface area is 104 Å². The Hall–Kier alpha value is -0.890. The fourth-order valence-electron chi connectivity index (χ4n) is 1.30. The third kappa shape index (κ3) is 3.60. The minimum atomic E-state index is 1.14. The predicted molar refractivity (Wildman–Crippen MR) is 76.5 cm³/mol. The average Bonchev–Trinajstić information content (AvgIpc) is 2.64. The van der Waals surface area contributed by atoms with E-state index in [1.807, 2.05) is 27.7 Å². The molecule has 0 N–H and O–H groups in total. The van der Waals surface area contributed by atoms with Crippen molar-refractivity contribution >= 4 is 21.6 Å². The van der Waals surface area contributed by atoms with Gasteiger partial charge in [-0.3, -0.25) is 0 Å². The summed E-state index contributed by atoms with van der Waals surface area (Å²) >= 11 is 1.76. The van der Waals surface area contributed by atoms with Crippen LogP contribution in [0.2, 0.25) is 0 Å². The van der Waals surface area contributed by atoms with Crippen LogP contribution in [0.3, 0.4) is 0 Å². The lowest BCUT2D eigenvalue weighted by Gasteiger charge is -1.96. The van der Waals surface area contributed by atoms with E-state index in [-0.39, 0.29) is 0 Å². The largest absolute Gasteiger partial charge is 0.242 e. The molecule has 0 aliphatic rings. The molecule has 0 radical (unpaired) electrons. The molecule has 0 amide bonds. The van der Waals surface area contributed by atoms with E-state index in [2.05, 4.69) is 37.9 Å². The van der Waals surface area contributed by atoms with Crippen molar-refractivity contribution in [2.45, 2.75) is 48.5 Å². The molecule has 1 nitrogen and oxygen atoms in total. The minimum absolute atomic E-state index is 1.14. The second-order valence-corrected chi connectivity index (χ2v) is 4.37. The molecule has 0 fully saturated rings. The van der Waals surface area contributed by atoms with Gasteiger partial charge in [-0.15, -0.1) is 11.3 Å². The third-order valence-electron chi connectivity index (χ3n) is 2.11. The van der Waals surface area contributed by atoms with E-state index in [0.29, 0.717) is 0 Å². The van der Waals surface area contributed by atoms with Gasteiger partial charge in [0.1, 0.15) is 0 Å². The highest BCUT2D eigenvalue weighted by Crippen LogP contribution is 2.24. The van der Waals surface area contributed by atoms with Crippen molar-refractivity contribution < 1.29 is 0 Å². The van der Waals surface area contributed by atoms with E-state index in [0.717, 1.165) is 10.5 Å². The molecule has 90 valence electrons. The van der Waals surface area contributed by atoms with Gasteiger partial charge in [0.15, 0.2) is 0 Å². The summed E-state index contributed by atoms with van der Waals surface area (Å²) in [5.41, 5.74) is 3.82. The molecule has 0 saturated heterocycles. The molecule has 0 aliphatic heterocycles. The van der Waals surface area contributed by atoms with E-state index >= 15 is 0 Å². The molecular weight excluding hydrogens is 214 g/mol. The van der Waals surface area contributed by atoms with Gasteiger partial charge >= 0.3 is 0 Å². The molecule has 1 heterocycles. The monoisotopic (exact) mass is 237 g/mol. The molecule has 0 saturated carbocycles. The number of fused-ring (bicyclic) bond motifs is 1. The summed E-state index contributed by atoms with van der Waals surface area (Å²) in [6.07, 6.45) is 0. The van der Waals surface area contributed by atoms with Gasteiger partial charge in [-0.25, -0.2) is 4.98 Å². The molecule has 0 aliphatic carbocycles. The van der Waals surface area contributed by atoms with Crippen molar-refractivity contribution in [3.05, 3.63) is 28.3 Å². The lowest BCUT2D eigenvalue weighted by molar-refractivity contribution is 1.32. The highest BCUT2D eigenvalue weighted by atomic mass is 32.1. The second kappa shape index (κ2) is 7.39. The van der Waals surface area contributed by atoms with Crippen molar-refractivity contribution in [1.82, 2.24) is 4.98 Å². The zero-order valence-electron chi connectivity index (χ0n) is 11.5. The van der Waals surface area contributed by atoms with Crippen LogP contribution in [0, 0.1) is 20.8 Å². The topological polar surface area (TPSA) is 12.9 Å². The van der Waals surface area contributed by atoms with Gasteiger partial charge in [0.2, 0.25) is 0 Å². The van der Waals surface area contributed by atoms with Crippen LogP contribution in [-0.2, 0) is 0 Å². The molecule has 0 unspecified atom stereocenters. The normalized spacial score (nSPS) is 8.94. The van der Waals surface area contributed by atoms with Crippen LogP contribution in [0.5, 0.6) is 0 Å². The van der Waals surface area contributed by atoms with Gasteiger partial charge in [-0.05, 0) is 44.0 Å². The molecule has 1 aromatic carbocycles. The first-order valence-electron chi connectivity index (χ1n) is 6.01. The predicted octanol–water partition coefficient (Wildman–Crippen LogP) is 5.27. The molecular formula is C14H23NS. The lowest BCUT2D eigenvalue weighted by Crippen LogP contribution is -1.79. The zero-order valence-corrected chi connectivity index (χ0v) is 12.3. The first-order valence-corrected chi connectivity index (χ1v) is 6.83. The van der Waals surface area contributed by atoms with Crippen LogP contribution in [0.4, 0.5) is 0 Å². The Morgan fingerprint density at radius 2 is 1.38 bits per heavy atom. The second-order valence-electron chi connectivity index (χ2n) is 3.14. The zero-order chi connectivity index (χ0) is 12.7. The fourth-order valence-corrected chi connectivity index (χ4v) is 2.20. The van der Waals surface area contributed by atoms with E-state index in [1.165, 1.54) is 15.8 Å². The number of nitrogens with zero attached hydrogens (tertiary/aromatic N) is 1. The number of rotatable bonds is 0. The van der Waals surface area contributed by atoms with E-state index in [1.54, 1.807) is 11.3 Å². The number of aromatic nitrogens is 1. The lowest BCUT2D eigenvalue weighted by atomic mass is 10.1. The van der Waals surface area contributed by atoms with Crippen LogP contribution in [0.1, 0.15) is 43.8 Å². The minimum Gasteiger partial charge on any atom is -0.242 e. The highest BCUT2D eigenvalue weighted by molar-refractivity contribution is 7.18. The van der Waals surface area contributed by atoms with Crippen molar-refractivity contribution in [1.29, 1.82) is 0 Å². The van der Waals surface area contributed by atoms with Crippen molar-refractivity contribution in [3.8, 4) is 0 Å². The fraction of sp³-hybridized carbons (Fsp3) is 0.500. The van der Waals surface area contributed by atoms with Gasteiger partial charge in [-0.1, -0.05) is 27.7 Å². The summed E-state index contributed by atoms with van der Waals surface area (Å²) in [6, 6.07) is 4.38. The first-order chi connectivity index (χ1) is 7.66. The number of hydrogen-bond acceptors (Lipinski definition) is 2. The SMILES string of the molecule is CC.CC.Cc1nc2cc(C)c(C)cc2s1. The summed E-state index contributed by atoms with van der Waals surface area (Å²) in [4.78, 5) is 4.43. The molecule has 0 spiro atoms. The summed E-state index contributed by atoms with van der Waals surface area (Å²) in [6.45, 7) is 14.3. The van der Waals surface area contributed by atoms with Gasteiger partial charge in [0.25, 0.3) is 0 Å². The Bertz CT molecular complexity index is 390. The van der Waals surface area contributed by atoms with Crippen LogP contribution >= 0.6 is 11.3 Å². The molecule has 2 rings (SSSR count). The van der Waals surface area contributed by atoms with Gasteiger partial charge in [0, 0.05) is 0 Å². The Morgan fingerprint density at radius 1 is 0.875 bits per heavy atom. The Balaban J connectivity index is 0.000000509. The number of thiazole rings is 1. The summed E-state index contributed by atoms with van der Waals surface area (Å²) in [5, 5.41) is 1.15. The number of benzene rings is 1. The standard InChI is InChI=1S/C10H11NS.2C2H6/c1-6-4-9-10(5-7(6)2)12-8(3)11-9;2*1-2/h4-5H,1-3H3;2*1-2H3. The van der Waals surface area contributed by atoms with Gasteiger partial charge in [-0.2, -0.15) is 0 Å². The maximum atomic E-state index is 4.43. The maximum absolute atomic E-state index is 4.43. The Morgan fingerprint density at radius 3 is 1.94 bits per heavy atom. The van der Waals surface area contributed by atoms with E-state index in [4.69, 9.17) is 0 Å². The van der Waals surface area contributed by atoms with Crippen LogP contribution in [-0.4, -0.2) is 4.98 Å². The van der Waals surface area contributed by atoms with Crippen molar-refractivity contribution in [2.75, 3.05) is 0 Å². The number of hydrogen-bond donors (Lipinski definition) is 0. The molecule has 0 bridgehead atoms. The van der Waals surface area contributed by atoms with Crippen LogP contribution in [0.15, 0.2) is 12.1 Å². The van der Waals surface area contributed by atoms with E-state index in [9.17, 15) is 0 Å². The van der Waals surface area contributed by atoms with E-state index < -0.39 is 0 Å². The summed E-state index contributed by atoms with van der Waals surface area (Å²) in [7, 11) is 0. The maximum Gasteiger partial charge on any atom is 0.0907 e. The molecule has 2 heteroatoms. The smallest absolute Gasteiger partial charge is 0.0907 e. The first kappa shape index (κ1) is 15.1. The van der Waals surface area contributed by atoms with Gasteiger partial charge in [0.05, 0.1) is 15.2 Å². The summed E-state index contributed by atoms with van der Waals surface area (Å²) < 4.78 is 1.30. The van der Waals surface area contributed by atoms with Crippen LogP contribution < -0.4 is 0 Å². The number of aryl methyl sites for hydroxylation is 3. The summed E-state index contributed by atoms with van der Waals surface area (Å²) in [5.74, 6) is 0. The molecule has 16 heavy (non-hydrogen) atoms. The van der Waals surface area contributed by atoms with Gasteiger partial charge < -0.3 is 0 Å². The van der Waals surface area contributed by atoms with Crippen LogP contribution in [0.25, 0.3) is 10.2 Å². The average molecular weight is 237 g/mol. The molecule has 2 aromatic rings. The third-order valence-corrected chi connectivity index (χ3v) is 3.04. The highest BCUT2D eigenvalue weighted by Gasteiger charge is 2.01. The Kier molecular flexibility index (Phi) is 6.98. The molecule has 1 aromatic heterocycles. The quantitative estimate of drug-likeness (QED) is 0.608. The van der Waals surface area contributed by atoms with Crippen molar-refractivity contribution in [3.63, 3.8) is 0 Å².